The van der Waals surface area contributed by atoms with Crippen LogP contribution in [0.5, 0.6) is 0 Å². The summed E-state index contributed by atoms with van der Waals surface area (Å²) in [6.07, 6.45) is -5.33. The van der Waals surface area contributed by atoms with Crippen LogP contribution in [0.25, 0.3) is 0 Å². The first kappa shape index (κ1) is 12.8. The Hall–Kier alpha value is -0.250. The molecular weight excluding hydrogens is 181 g/mol. The first-order chi connectivity index (χ1) is 5.78. The maximum atomic E-state index is 12.2. The van der Waals surface area contributed by atoms with E-state index in [1.54, 1.807) is 6.92 Å². The third-order valence-corrected chi connectivity index (χ3v) is 2.60. The van der Waals surface area contributed by atoms with E-state index in [-0.39, 0.29) is 0 Å². The second kappa shape index (κ2) is 4.31. The molecule has 0 aliphatic carbocycles. The number of aliphatic hydroxyl groups excluding tert-OH is 1. The quantitative estimate of drug-likeness (QED) is 0.735. The Labute approximate surface area is 76.9 Å². The van der Waals surface area contributed by atoms with Crippen molar-refractivity contribution in [2.75, 3.05) is 0 Å². The Kier molecular flexibility index (Phi) is 4.23. The minimum Gasteiger partial charge on any atom is -0.383 e. The summed E-state index contributed by atoms with van der Waals surface area (Å²) in [4.78, 5) is 0. The van der Waals surface area contributed by atoms with Crippen molar-refractivity contribution in [2.45, 2.75) is 52.3 Å². The summed E-state index contributed by atoms with van der Waals surface area (Å²) in [6.45, 7) is 4.97. The predicted molar refractivity (Wildman–Crippen MR) is 45.4 cm³/mol. The molecule has 0 aliphatic rings. The summed E-state index contributed by atoms with van der Waals surface area (Å²) in [5.74, 6) is 0. The third-order valence-electron chi connectivity index (χ3n) is 2.60. The Morgan fingerprint density at radius 1 is 1.23 bits per heavy atom. The molecule has 0 aromatic rings. The van der Waals surface area contributed by atoms with Gasteiger partial charge >= 0.3 is 6.18 Å². The van der Waals surface area contributed by atoms with Crippen LogP contribution in [0.1, 0.15) is 40.0 Å². The van der Waals surface area contributed by atoms with E-state index in [9.17, 15) is 13.2 Å². The van der Waals surface area contributed by atoms with Crippen LogP contribution in [0.15, 0.2) is 0 Å². The fourth-order valence-electron chi connectivity index (χ4n) is 1.47. The number of halogens is 3. The van der Waals surface area contributed by atoms with Gasteiger partial charge in [-0.1, -0.05) is 27.2 Å². The Morgan fingerprint density at radius 3 is 1.92 bits per heavy atom. The minimum absolute atomic E-state index is 0.335. The lowest BCUT2D eigenvalue weighted by molar-refractivity contribution is -0.238. The van der Waals surface area contributed by atoms with Gasteiger partial charge in [-0.05, 0) is 12.8 Å². The number of hydrogen-bond acceptors (Lipinski definition) is 1. The second-order valence-electron chi connectivity index (χ2n) is 3.70. The van der Waals surface area contributed by atoms with E-state index in [1.807, 2.05) is 6.92 Å². The number of hydrogen-bond donors (Lipinski definition) is 1. The number of rotatable bonds is 4. The average molecular weight is 198 g/mol. The van der Waals surface area contributed by atoms with Gasteiger partial charge in [0.05, 0.1) is 0 Å². The second-order valence-corrected chi connectivity index (χ2v) is 3.70. The molecule has 0 saturated carbocycles. The van der Waals surface area contributed by atoms with Crippen LogP contribution in [0.3, 0.4) is 0 Å². The predicted octanol–water partition coefficient (Wildman–Crippen LogP) is 3.13. The topological polar surface area (TPSA) is 20.2 Å². The minimum atomic E-state index is -4.50. The highest BCUT2D eigenvalue weighted by Gasteiger charge is 2.48. The molecule has 0 saturated heterocycles. The molecule has 0 heterocycles. The van der Waals surface area contributed by atoms with E-state index in [2.05, 4.69) is 0 Å². The summed E-state index contributed by atoms with van der Waals surface area (Å²) in [5, 5.41) is 9.11. The smallest absolute Gasteiger partial charge is 0.383 e. The summed E-state index contributed by atoms with van der Waals surface area (Å²) in [6, 6.07) is 0. The van der Waals surface area contributed by atoms with E-state index in [1.165, 1.54) is 6.92 Å². The summed E-state index contributed by atoms with van der Waals surface area (Å²) < 4.78 is 36.6. The maximum absolute atomic E-state index is 12.2. The molecule has 0 fully saturated rings. The fourth-order valence-corrected chi connectivity index (χ4v) is 1.47. The molecule has 0 radical (unpaired) electrons. The van der Waals surface area contributed by atoms with Crippen molar-refractivity contribution in [3.05, 3.63) is 0 Å². The van der Waals surface area contributed by atoms with Crippen LogP contribution in [-0.4, -0.2) is 17.4 Å². The van der Waals surface area contributed by atoms with Crippen LogP contribution in [-0.2, 0) is 0 Å². The molecule has 2 atom stereocenters. The van der Waals surface area contributed by atoms with Gasteiger partial charge in [0.1, 0.15) is 0 Å². The average Bonchev–Trinajstić information content (AvgIpc) is 2.02. The van der Waals surface area contributed by atoms with E-state index in [0.29, 0.717) is 19.3 Å². The molecule has 0 rings (SSSR count). The van der Waals surface area contributed by atoms with Gasteiger partial charge in [0.25, 0.3) is 0 Å². The lowest BCUT2D eigenvalue weighted by Crippen LogP contribution is -2.43. The fraction of sp³-hybridized carbons (Fsp3) is 1.00. The van der Waals surface area contributed by atoms with Crippen LogP contribution < -0.4 is 0 Å². The highest BCUT2D eigenvalue weighted by atomic mass is 19.4. The summed E-state index contributed by atoms with van der Waals surface area (Å²) in [7, 11) is 0. The molecule has 13 heavy (non-hydrogen) atoms. The van der Waals surface area contributed by atoms with Gasteiger partial charge in [-0.25, -0.2) is 0 Å². The van der Waals surface area contributed by atoms with Gasteiger partial charge in [-0.2, -0.15) is 13.2 Å². The molecule has 0 bridgehead atoms. The van der Waals surface area contributed by atoms with Crippen LogP contribution in [0.2, 0.25) is 0 Å². The van der Waals surface area contributed by atoms with Crippen molar-refractivity contribution < 1.29 is 18.3 Å². The van der Waals surface area contributed by atoms with Gasteiger partial charge in [-0.3, -0.25) is 0 Å². The maximum Gasteiger partial charge on any atom is 0.414 e. The van der Waals surface area contributed by atoms with Gasteiger partial charge in [0.15, 0.2) is 6.10 Å². The molecule has 0 spiro atoms. The SMILES string of the molecule is CCCC(C)(CC)C(O)C(F)(F)F. The highest BCUT2D eigenvalue weighted by molar-refractivity contribution is 4.85. The Balaban J connectivity index is 4.56. The lowest BCUT2D eigenvalue weighted by Gasteiger charge is -2.34. The number of alkyl halides is 3. The molecule has 0 aromatic heterocycles. The zero-order chi connectivity index (χ0) is 10.7. The van der Waals surface area contributed by atoms with E-state index >= 15 is 0 Å². The molecule has 1 nitrogen and oxygen atoms in total. The van der Waals surface area contributed by atoms with Gasteiger partial charge in [-0.15, -0.1) is 0 Å². The lowest BCUT2D eigenvalue weighted by atomic mass is 9.77. The van der Waals surface area contributed by atoms with Crippen molar-refractivity contribution in [1.82, 2.24) is 0 Å². The van der Waals surface area contributed by atoms with Crippen LogP contribution >= 0.6 is 0 Å². The zero-order valence-electron chi connectivity index (χ0n) is 8.28. The van der Waals surface area contributed by atoms with Crippen molar-refractivity contribution in [3.8, 4) is 0 Å². The zero-order valence-corrected chi connectivity index (χ0v) is 8.28. The van der Waals surface area contributed by atoms with Crippen LogP contribution in [0.4, 0.5) is 13.2 Å². The molecule has 80 valence electrons. The standard InChI is InChI=1S/C9H17F3O/c1-4-6-8(3,5-2)7(13)9(10,11)12/h7,13H,4-6H2,1-3H3. The molecule has 1 N–H and O–H groups in total. The van der Waals surface area contributed by atoms with Gasteiger partial charge in [0.2, 0.25) is 0 Å². The summed E-state index contributed by atoms with van der Waals surface area (Å²) >= 11 is 0. The normalized spacial score (nSPS) is 19.6. The number of aliphatic hydroxyl groups is 1. The molecule has 0 aliphatic heterocycles. The Morgan fingerprint density at radius 2 is 1.69 bits per heavy atom. The molecular formula is C9H17F3O. The van der Waals surface area contributed by atoms with Crippen molar-refractivity contribution in [2.24, 2.45) is 5.41 Å². The van der Waals surface area contributed by atoms with Crippen LogP contribution in [0, 0.1) is 5.41 Å². The highest BCUT2D eigenvalue weighted by Crippen LogP contribution is 2.39. The molecule has 0 amide bonds. The summed E-state index contributed by atoms with van der Waals surface area (Å²) in [5.41, 5.74) is -1.03. The monoisotopic (exact) mass is 198 g/mol. The third kappa shape index (κ3) is 3.18. The van der Waals surface area contributed by atoms with E-state index in [0.717, 1.165) is 0 Å². The van der Waals surface area contributed by atoms with Crippen molar-refractivity contribution >= 4 is 0 Å². The molecule has 2 unspecified atom stereocenters. The first-order valence-electron chi connectivity index (χ1n) is 4.52. The largest absolute Gasteiger partial charge is 0.414 e. The first-order valence-corrected chi connectivity index (χ1v) is 4.52. The Bertz CT molecular complexity index is 155. The van der Waals surface area contributed by atoms with Crippen molar-refractivity contribution in [1.29, 1.82) is 0 Å². The van der Waals surface area contributed by atoms with E-state index in [4.69, 9.17) is 5.11 Å². The van der Waals surface area contributed by atoms with Gasteiger partial charge in [0, 0.05) is 5.41 Å². The molecule has 0 aromatic carbocycles. The molecule has 4 heteroatoms. The van der Waals surface area contributed by atoms with Crippen molar-refractivity contribution in [3.63, 3.8) is 0 Å². The van der Waals surface area contributed by atoms with E-state index < -0.39 is 17.7 Å². The van der Waals surface area contributed by atoms with Gasteiger partial charge < -0.3 is 5.11 Å².